The Bertz CT molecular complexity index is 299. The van der Waals surface area contributed by atoms with Crippen LogP contribution in [0.25, 0.3) is 0 Å². The molecule has 3 heteroatoms. The SMILES string of the molecule is CN(C)c1ccc(N2CC[CH]CC2)cn1. The Labute approximate surface area is 91.7 Å². The van der Waals surface area contributed by atoms with Gasteiger partial charge in [0, 0.05) is 27.2 Å². The standard InChI is InChI=1S/C12H18N3/c1-14(2)12-7-6-11(10-13-12)15-8-4-3-5-9-15/h3,6-7,10H,4-5,8-9H2,1-2H3. The van der Waals surface area contributed by atoms with Crippen LogP contribution in [-0.4, -0.2) is 32.2 Å². The quantitative estimate of drug-likeness (QED) is 0.734. The number of hydrogen-bond acceptors (Lipinski definition) is 3. The van der Waals surface area contributed by atoms with Gasteiger partial charge < -0.3 is 9.80 Å². The monoisotopic (exact) mass is 204 g/mol. The number of anilines is 2. The molecule has 0 aliphatic carbocycles. The average molecular weight is 204 g/mol. The zero-order chi connectivity index (χ0) is 10.7. The minimum absolute atomic E-state index is 1.02. The molecule has 1 aliphatic rings. The van der Waals surface area contributed by atoms with Gasteiger partial charge in [0.1, 0.15) is 5.82 Å². The maximum Gasteiger partial charge on any atom is 0.128 e. The van der Waals surface area contributed by atoms with Crippen LogP contribution >= 0.6 is 0 Å². The first-order valence-electron chi connectivity index (χ1n) is 5.47. The number of aromatic nitrogens is 1. The highest BCUT2D eigenvalue weighted by atomic mass is 15.2. The number of piperidine rings is 1. The van der Waals surface area contributed by atoms with E-state index < -0.39 is 0 Å². The second kappa shape index (κ2) is 4.51. The van der Waals surface area contributed by atoms with Crippen molar-refractivity contribution in [3.8, 4) is 0 Å². The highest BCUT2D eigenvalue weighted by molar-refractivity contribution is 5.50. The van der Waals surface area contributed by atoms with E-state index in [1.807, 2.05) is 25.2 Å². The molecule has 0 unspecified atom stereocenters. The molecule has 0 bridgehead atoms. The highest BCUT2D eigenvalue weighted by Gasteiger charge is 2.11. The Balaban J connectivity index is 2.08. The number of rotatable bonds is 2. The van der Waals surface area contributed by atoms with Crippen molar-refractivity contribution in [3.05, 3.63) is 24.8 Å². The summed E-state index contributed by atoms with van der Waals surface area (Å²) in [5.41, 5.74) is 1.24. The summed E-state index contributed by atoms with van der Waals surface area (Å²) in [6.07, 6.45) is 6.71. The average Bonchev–Trinajstić information content (AvgIpc) is 2.30. The summed E-state index contributed by atoms with van der Waals surface area (Å²) in [7, 11) is 4.02. The summed E-state index contributed by atoms with van der Waals surface area (Å²) in [6, 6.07) is 4.24. The fourth-order valence-corrected chi connectivity index (χ4v) is 1.84. The van der Waals surface area contributed by atoms with Gasteiger partial charge in [0.2, 0.25) is 0 Å². The van der Waals surface area contributed by atoms with E-state index in [1.54, 1.807) is 0 Å². The highest BCUT2D eigenvalue weighted by Crippen LogP contribution is 2.20. The molecule has 2 heterocycles. The normalized spacial score (nSPS) is 16.5. The molecule has 1 fully saturated rings. The summed E-state index contributed by atoms with van der Waals surface area (Å²) in [6.45, 7) is 2.26. The fraction of sp³-hybridized carbons (Fsp3) is 0.500. The third-order valence-electron chi connectivity index (χ3n) is 2.76. The third-order valence-corrected chi connectivity index (χ3v) is 2.76. The summed E-state index contributed by atoms with van der Waals surface area (Å²) in [4.78, 5) is 8.84. The van der Waals surface area contributed by atoms with Crippen molar-refractivity contribution in [2.45, 2.75) is 12.8 Å². The predicted octanol–water partition coefficient (Wildman–Crippen LogP) is 1.95. The minimum atomic E-state index is 1.02. The van der Waals surface area contributed by atoms with Crippen LogP contribution in [0, 0.1) is 6.42 Å². The molecule has 1 saturated heterocycles. The lowest BCUT2D eigenvalue weighted by molar-refractivity contribution is 0.678. The van der Waals surface area contributed by atoms with E-state index in [0.717, 1.165) is 18.9 Å². The molecule has 1 aliphatic heterocycles. The molecule has 81 valence electrons. The Kier molecular flexibility index (Phi) is 3.09. The van der Waals surface area contributed by atoms with Crippen LogP contribution in [0.1, 0.15) is 12.8 Å². The molecule has 3 nitrogen and oxygen atoms in total. The van der Waals surface area contributed by atoms with Crippen molar-refractivity contribution in [2.24, 2.45) is 0 Å². The molecule has 0 amide bonds. The van der Waals surface area contributed by atoms with Crippen LogP contribution in [0.2, 0.25) is 0 Å². The first kappa shape index (κ1) is 10.3. The van der Waals surface area contributed by atoms with Crippen molar-refractivity contribution < 1.29 is 0 Å². The van der Waals surface area contributed by atoms with Gasteiger partial charge in [-0.15, -0.1) is 0 Å². The van der Waals surface area contributed by atoms with E-state index in [-0.39, 0.29) is 0 Å². The zero-order valence-corrected chi connectivity index (χ0v) is 9.48. The van der Waals surface area contributed by atoms with Gasteiger partial charge in [-0.2, -0.15) is 0 Å². The van der Waals surface area contributed by atoms with Crippen LogP contribution in [0.3, 0.4) is 0 Å². The predicted molar refractivity (Wildman–Crippen MR) is 64.3 cm³/mol. The molecule has 0 aromatic carbocycles. The van der Waals surface area contributed by atoms with E-state index in [1.165, 1.54) is 18.5 Å². The molecular weight excluding hydrogens is 186 g/mol. The number of nitrogens with zero attached hydrogens (tertiary/aromatic N) is 3. The number of hydrogen-bond donors (Lipinski definition) is 0. The van der Waals surface area contributed by atoms with E-state index in [0.29, 0.717) is 0 Å². The lowest BCUT2D eigenvalue weighted by atomic mass is 10.1. The summed E-state index contributed by atoms with van der Waals surface area (Å²) in [5.74, 6) is 1.02. The maximum atomic E-state index is 4.43. The van der Waals surface area contributed by atoms with Gasteiger partial charge in [-0.05, 0) is 31.4 Å². The third kappa shape index (κ3) is 2.41. The summed E-state index contributed by atoms with van der Waals surface area (Å²) >= 11 is 0. The first-order chi connectivity index (χ1) is 7.27. The molecule has 0 spiro atoms. The Morgan fingerprint density at radius 2 is 1.93 bits per heavy atom. The van der Waals surface area contributed by atoms with Crippen molar-refractivity contribution in [3.63, 3.8) is 0 Å². The fourth-order valence-electron chi connectivity index (χ4n) is 1.84. The van der Waals surface area contributed by atoms with E-state index in [2.05, 4.69) is 28.4 Å². The molecule has 15 heavy (non-hydrogen) atoms. The zero-order valence-electron chi connectivity index (χ0n) is 9.48. The van der Waals surface area contributed by atoms with E-state index in [9.17, 15) is 0 Å². The van der Waals surface area contributed by atoms with Gasteiger partial charge in [-0.25, -0.2) is 4.98 Å². The molecular formula is C12H18N3. The molecule has 1 aromatic rings. The van der Waals surface area contributed by atoms with Gasteiger partial charge in [-0.3, -0.25) is 0 Å². The Morgan fingerprint density at radius 3 is 2.47 bits per heavy atom. The van der Waals surface area contributed by atoms with Crippen LogP contribution in [0.4, 0.5) is 11.5 Å². The second-order valence-electron chi connectivity index (χ2n) is 4.12. The topological polar surface area (TPSA) is 19.4 Å². The summed E-state index contributed by atoms with van der Waals surface area (Å²) in [5, 5.41) is 0. The van der Waals surface area contributed by atoms with Crippen molar-refractivity contribution >= 4 is 11.5 Å². The number of pyridine rings is 1. The molecule has 0 N–H and O–H groups in total. The van der Waals surface area contributed by atoms with Gasteiger partial charge in [0.15, 0.2) is 0 Å². The van der Waals surface area contributed by atoms with Crippen LogP contribution in [0.15, 0.2) is 18.3 Å². The molecule has 0 saturated carbocycles. The van der Waals surface area contributed by atoms with Crippen molar-refractivity contribution in [1.29, 1.82) is 0 Å². The van der Waals surface area contributed by atoms with Crippen LogP contribution in [-0.2, 0) is 0 Å². The summed E-state index contributed by atoms with van der Waals surface area (Å²) < 4.78 is 0. The Morgan fingerprint density at radius 1 is 1.20 bits per heavy atom. The smallest absolute Gasteiger partial charge is 0.128 e. The van der Waals surface area contributed by atoms with Gasteiger partial charge in [0.25, 0.3) is 0 Å². The van der Waals surface area contributed by atoms with Gasteiger partial charge in [0.05, 0.1) is 11.9 Å². The van der Waals surface area contributed by atoms with Crippen LogP contribution < -0.4 is 9.80 Å². The van der Waals surface area contributed by atoms with E-state index in [4.69, 9.17) is 0 Å². The first-order valence-corrected chi connectivity index (χ1v) is 5.47. The lowest BCUT2D eigenvalue weighted by Crippen LogP contribution is -2.29. The lowest BCUT2D eigenvalue weighted by Gasteiger charge is -2.28. The molecule has 0 atom stereocenters. The van der Waals surface area contributed by atoms with Gasteiger partial charge in [-0.1, -0.05) is 0 Å². The molecule has 1 radical (unpaired) electrons. The van der Waals surface area contributed by atoms with E-state index >= 15 is 0 Å². The second-order valence-corrected chi connectivity index (χ2v) is 4.12. The van der Waals surface area contributed by atoms with Crippen molar-refractivity contribution in [2.75, 3.05) is 37.0 Å². The van der Waals surface area contributed by atoms with Crippen LogP contribution in [0.5, 0.6) is 0 Å². The minimum Gasteiger partial charge on any atom is -0.370 e. The maximum absolute atomic E-state index is 4.43. The Hall–Kier alpha value is -1.25. The van der Waals surface area contributed by atoms with Crippen molar-refractivity contribution in [1.82, 2.24) is 4.98 Å². The molecule has 1 aromatic heterocycles. The largest absolute Gasteiger partial charge is 0.370 e. The molecule has 2 rings (SSSR count). The van der Waals surface area contributed by atoms with Gasteiger partial charge >= 0.3 is 0 Å².